The van der Waals surface area contributed by atoms with E-state index in [4.69, 9.17) is 0 Å². The van der Waals surface area contributed by atoms with Crippen molar-refractivity contribution in [1.29, 1.82) is 0 Å². The molecule has 1 nitrogen and oxygen atoms in total. The minimum Gasteiger partial charge on any atom is -0.393 e. The Labute approximate surface area is 92.1 Å². The van der Waals surface area contributed by atoms with E-state index in [9.17, 15) is 5.11 Å². The SMILES string of the molecule is CCC1C(O)CC1c1ccc(C)cc1C. The molecule has 1 N–H and O–H groups in total. The van der Waals surface area contributed by atoms with Crippen LogP contribution in [0.1, 0.15) is 42.4 Å². The van der Waals surface area contributed by atoms with Gasteiger partial charge in [0.05, 0.1) is 6.10 Å². The van der Waals surface area contributed by atoms with Crippen LogP contribution in [0, 0.1) is 19.8 Å². The van der Waals surface area contributed by atoms with Gasteiger partial charge >= 0.3 is 0 Å². The lowest BCUT2D eigenvalue weighted by Crippen LogP contribution is -2.39. The van der Waals surface area contributed by atoms with Crippen molar-refractivity contribution in [3.8, 4) is 0 Å². The Kier molecular flexibility index (Phi) is 2.83. The van der Waals surface area contributed by atoms with E-state index in [0.717, 1.165) is 12.8 Å². The molecule has 0 spiro atoms. The van der Waals surface area contributed by atoms with Crippen LogP contribution in [0.4, 0.5) is 0 Å². The molecule has 2 rings (SSSR count). The largest absolute Gasteiger partial charge is 0.393 e. The number of rotatable bonds is 2. The van der Waals surface area contributed by atoms with Gasteiger partial charge in [-0.15, -0.1) is 0 Å². The van der Waals surface area contributed by atoms with Gasteiger partial charge in [0, 0.05) is 0 Å². The van der Waals surface area contributed by atoms with Crippen LogP contribution >= 0.6 is 0 Å². The summed E-state index contributed by atoms with van der Waals surface area (Å²) in [5.74, 6) is 1.07. The minimum atomic E-state index is -0.0688. The zero-order valence-corrected chi connectivity index (χ0v) is 9.83. The predicted octanol–water partition coefficient (Wildman–Crippen LogP) is 3.18. The van der Waals surface area contributed by atoms with Crippen LogP contribution in [0.2, 0.25) is 0 Å². The molecule has 0 bridgehead atoms. The molecule has 15 heavy (non-hydrogen) atoms. The van der Waals surface area contributed by atoms with Crippen LogP contribution in [0.3, 0.4) is 0 Å². The summed E-state index contributed by atoms with van der Waals surface area (Å²) in [6.45, 7) is 6.48. The second kappa shape index (κ2) is 3.97. The molecule has 1 saturated carbocycles. The zero-order chi connectivity index (χ0) is 11.0. The summed E-state index contributed by atoms with van der Waals surface area (Å²) < 4.78 is 0. The van der Waals surface area contributed by atoms with Crippen LogP contribution in [0.5, 0.6) is 0 Å². The van der Waals surface area contributed by atoms with Gasteiger partial charge in [0.2, 0.25) is 0 Å². The molecule has 82 valence electrons. The maximum atomic E-state index is 9.68. The Morgan fingerprint density at radius 1 is 1.33 bits per heavy atom. The Morgan fingerprint density at radius 2 is 2.07 bits per heavy atom. The van der Waals surface area contributed by atoms with Gasteiger partial charge in [-0.1, -0.05) is 37.1 Å². The molecule has 1 aromatic rings. The third-order valence-electron chi connectivity index (χ3n) is 3.80. The molecule has 0 heterocycles. The maximum absolute atomic E-state index is 9.68. The average molecular weight is 204 g/mol. The second-order valence-electron chi connectivity index (χ2n) is 4.84. The van der Waals surface area contributed by atoms with Crippen molar-refractivity contribution in [3.63, 3.8) is 0 Å². The summed E-state index contributed by atoms with van der Waals surface area (Å²) in [4.78, 5) is 0. The van der Waals surface area contributed by atoms with E-state index in [1.807, 2.05) is 0 Å². The Hall–Kier alpha value is -0.820. The summed E-state index contributed by atoms with van der Waals surface area (Å²) in [6, 6.07) is 6.66. The van der Waals surface area contributed by atoms with Gasteiger partial charge < -0.3 is 5.11 Å². The number of aliphatic hydroxyl groups excluding tert-OH is 1. The monoisotopic (exact) mass is 204 g/mol. The number of hydrogen-bond donors (Lipinski definition) is 1. The lowest BCUT2D eigenvalue weighted by atomic mass is 9.65. The normalized spacial score (nSPS) is 30.0. The van der Waals surface area contributed by atoms with Crippen molar-refractivity contribution in [1.82, 2.24) is 0 Å². The fourth-order valence-corrected chi connectivity index (χ4v) is 2.84. The molecule has 0 aliphatic heterocycles. The van der Waals surface area contributed by atoms with E-state index < -0.39 is 0 Å². The van der Waals surface area contributed by atoms with Crippen molar-refractivity contribution in [2.45, 2.75) is 45.6 Å². The van der Waals surface area contributed by atoms with E-state index in [1.54, 1.807) is 0 Å². The van der Waals surface area contributed by atoms with Gasteiger partial charge in [0.1, 0.15) is 0 Å². The topological polar surface area (TPSA) is 20.2 Å². The highest BCUT2D eigenvalue weighted by atomic mass is 16.3. The van der Waals surface area contributed by atoms with Gasteiger partial charge in [-0.2, -0.15) is 0 Å². The predicted molar refractivity (Wildman–Crippen MR) is 63.1 cm³/mol. The van der Waals surface area contributed by atoms with Crippen LogP contribution in [0.25, 0.3) is 0 Å². The Morgan fingerprint density at radius 3 is 2.60 bits per heavy atom. The molecule has 1 fully saturated rings. The fraction of sp³-hybridized carbons (Fsp3) is 0.571. The quantitative estimate of drug-likeness (QED) is 0.784. The van der Waals surface area contributed by atoms with E-state index >= 15 is 0 Å². The van der Waals surface area contributed by atoms with Crippen LogP contribution in [0.15, 0.2) is 18.2 Å². The first-order chi connectivity index (χ1) is 7.13. The second-order valence-corrected chi connectivity index (χ2v) is 4.84. The third-order valence-corrected chi connectivity index (χ3v) is 3.80. The highest BCUT2D eigenvalue weighted by Gasteiger charge is 2.39. The molecule has 0 aromatic heterocycles. The highest BCUT2D eigenvalue weighted by Crippen LogP contribution is 2.45. The van der Waals surface area contributed by atoms with Crippen molar-refractivity contribution in [2.24, 2.45) is 5.92 Å². The molecule has 0 saturated heterocycles. The summed E-state index contributed by atoms with van der Waals surface area (Å²) in [6.07, 6.45) is 1.96. The lowest BCUT2D eigenvalue weighted by molar-refractivity contribution is -0.000917. The van der Waals surface area contributed by atoms with Crippen LogP contribution in [-0.2, 0) is 0 Å². The summed E-state index contributed by atoms with van der Waals surface area (Å²) in [7, 11) is 0. The first-order valence-corrected chi connectivity index (χ1v) is 5.88. The molecular weight excluding hydrogens is 184 g/mol. The molecule has 0 radical (unpaired) electrons. The van der Waals surface area contributed by atoms with Gasteiger partial charge in [0.15, 0.2) is 0 Å². The van der Waals surface area contributed by atoms with E-state index in [1.165, 1.54) is 16.7 Å². The van der Waals surface area contributed by atoms with Crippen molar-refractivity contribution in [3.05, 3.63) is 34.9 Å². The lowest BCUT2D eigenvalue weighted by Gasteiger charge is -2.42. The van der Waals surface area contributed by atoms with Crippen LogP contribution in [-0.4, -0.2) is 11.2 Å². The van der Waals surface area contributed by atoms with Gasteiger partial charge in [-0.05, 0) is 43.2 Å². The van der Waals surface area contributed by atoms with Crippen molar-refractivity contribution < 1.29 is 5.11 Å². The smallest absolute Gasteiger partial charge is 0.0580 e. The summed E-state index contributed by atoms with van der Waals surface area (Å²) >= 11 is 0. The van der Waals surface area contributed by atoms with Crippen LogP contribution < -0.4 is 0 Å². The zero-order valence-electron chi connectivity index (χ0n) is 9.83. The first kappa shape index (κ1) is 10.7. The average Bonchev–Trinajstić information content (AvgIpc) is 2.16. The van der Waals surface area contributed by atoms with Gasteiger partial charge in [-0.25, -0.2) is 0 Å². The molecule has 3 unspecified atom stereocenters. The third kappa shape index (κ3) is 1.81. The standard InChI is InChI=1S/C14H20O/c1-4-11-13(8-14(11)15)12-6-5-9(2)7-10(12)3/h5-7,11,13-15H,4,8H2,1-3H3. The molecule has 1 aliphatic carbocycles. The molecular formula is C14H20O. The fourth-order valence-electron chi connectivity index (χ4n) is 2.84. The van der Waals surface area contributed by atoms with E-state index in [2.05, 4.69) is 39.0 Å². The Bertz CT molecular complexity index is 356. The van der Waals surface area contributed by atoms with E-state index in [0.29, 0.717) is 11.8 Å². The molecule has 3 atom stereocenters. The minimum absolute atomic E-state index is 0.0688. The maximum Gasteiger partial charge on any atom is 0.0580 e. The summed E-state index contributed by atoms with van der Waals surface area (Å²) in [5.41, 5.74) is 4.15. The van der Waals surface area contributed by atoms with E-state index in [-0.39, 0.29) is 6.10 Å². The molecule has 1 aromatic carbocycles. The Balaban J connectivity index is 2.23. The van der Waals surface area contributed by atoms with Gasteiger partial charge in [0.25, 0.3) is 0 Å². The first-order valence-electron chi connectivity index (χ1n) is 5.88. The van der Waals surface area contributed by atoms with Gasteiger partial charge in [-0.3, -0.25) is 0 Å². The molecule has 0 amide bonds. The number of hydrogen-bond acceptors (Lipinski definition) is 1. The number of benzene rings is 1. The highest BCUT2D eigenvalue weighted by molar-refractivity contribution is 5.35. The molecule has 1 aliphatic rings. The van der Waals surface area contributed by atoms with Crippen molar-refractivity contribution in [2.75, 3.05) is 0 Å². The van der Waals surface area contributed by atoms with Crippen molar-refractivity contribution >= 4 is 0 Å². The number of aryl methyl sites for hydroxylation is 2. The number of aliphatic hydroxyl groups is 1. The summed E-state index contributed by atoms with van der Waals surface area (Å²) in [5, 5.41) is 9.68. The molecule has 1 heteroatoms.